The molecule has 0 atom stereocenters. The Balaban J connectivity index is 1.70. The van der Waals surface area contributed by atoms with Gasteiger partial charge in [0.1, 0.15) is 5.75 Å². The van der Waals surface area contributed by atoms with Gasteiger partial charge in [-0.2, -0.15) is 4.31 Å². The Hall–Kier alpha value is -2.38. The first-order valence-electron chi connectivity index (χ1n) is 10.4. The maximum absolute atomic E-state index is 13.2. The number of hydrogen-bond acceptors (Lipinski definition) is 4. The molecule has 1 N–H and O–H groups in total. The number of anilines is 1. The second-order valence-corrected chi connectivity index (χ2v) is 9.56. The van der Waals surface area contributed by atoms with Crippen LogP contribution in [-0.2, 0) is 21.2 Å². The largest absolute Gasteiger partial charge is 0.496 e. The first-order chi connectivity index (χ1) is 14.4. The van der Waals surface area contributed by atoms with Crippen molar-refractivity contribution < 1.29 is 17.9 Å². The zero-order valence-corrected chi connectivity index (χ0v) is 18.5. The molecule has 0 aliphatic carbocycles. The Kier molecular flexibility index (Phi) is 7.50. The van der Waals surface area contributed by atoms with Gasteiger partial charge in [0.05, 0.1) is 12.0 Å². The number of nitrogens with zero attached hydrogens (tertiary/aromatic N) is 1. The molecule has 1 saturated heterocycles. The summed E-state index contributed by atoms with van der Waals surface area (Å²) >= 11 is 0. The number of amides is 1. The zero-order valence-electron chi connectivity index (χ0n) is 17.7. The van der Waals surface area contributed by atoms with E-state index in [1.54, 1.807) is 36.5 Å². The van der Waals surface area contributed by atoms with Crippen molar-refractivity contribution in [3.05, 3.63) is 53.6 Å². The maximum atomic E-state index is 13.2. The lowest BCUT2D eigenvalue weighted by Crippen LogP contribution is -2.32. The molecule has 0 spiro atoms. The maximum Gasteiger partial charge on any atom is 0.243 e. The summed E-state index contributed by atoms with van der Waals surface area (Å²) in [6.45, 7) is 2.90. The number of hydrogen-bond donors (Lipinski definition) is 1. The van der Waals surface area contributed by atoms with E-state index in [0.717, 1.165) is 37.0 Å². The van der Waals surface area contributed by atoms with Crippen molar-refractivity contribution in [2.75, 3.05) is 25.5 Å². The average Bonchev–Trinajstić information content (AvgIpc) is 3.04. The highest BCUT2D eigenvalue weighted by atomic mass is 32.2. The molecule has 3 rings (SSSR count). The van der Waals surface area contributed by atoms with E-state index in [1.807, 2.05) is 24.3 Å². The first-order valence-corrected chi connectivity index (χ1v) is 11.9. The lowest BCUT2D eigenvalue weighted by Gasteiger charge is -2.21. The topological polar surface area (TPSA) is 75.7 Å². The van der Waals surface area contributed by atoms with E-state index in [2.05, 4.69) is 5.32 Å². The average molecular weight is 431 g/mol. The minimum absolute atomic E-state index is 0.164. The molecule has 0 bridgehead atoms. The number of benzene rings is 2. The Morgan fingerprint density at radius 2 is 1.77 bits per heavy atom. The first kappa shape index (κ1) is 22.3. The fourth-order valence-corrected chi connectivity index (χ4v) is 5.53. The minimum atomic E-state index is -3.57. The summed E-state index contributed by atoms with van der Waals surface area (Å²) in [5.74, 6) is 0.592. The van der Waals surface area contributed by atoms with Crippen LogP contribution < -0.4 is 10.1 Å². The van der Waals surface area contributed by atoms with E-state index < -0.39 is 10.0 Å². The molecule has 6 nitrogen and oxygen atoms in total. The monoisotopic (exact) mass is 430 g/mol. The van der Waals surface area contributed by atoms with Gasteiger partial charge in [-0.3, -0.25) is 4.79 Å². The number of rotatable bonds is 7. The molecule has 0 saturated carbocycles. The van der Waals surface area contributed by atoms with Crippen LogP contribution in [0.4, 0.5) is 5.69 Å². The normalized spacial score (nSPS) is 15.4. The molecular weight excluding hydrogens is 400 g/mol. The van der Waals surface area contributed by atoms with Gasteiger partial charge in [-0.1, -0.05) is 37.1 Å². The Bertz CT molecular complexity index is 980. The van der Waals surface area contributed by atoms with E-state index >= 15 is 0 Å². The highest BCUT2D eigenvalue weighted by molar-refractivity contribution is 7.89. The summed E-state index contributed by atoms with van der Waals surface area (Å²) < 4.78 is 33.3. The van der Waals surface area contributed by atoms with Crippen LogP contribution in [0.5, 0.6) is 5.75 Å². The van der Waals surface area contributed by atoms with Gasteiger partial charge in [-0.15, -0.1) is 0 Å². The quantitative estimate of drug-likeness (QED) is 0.716. The second-order valence-electron chi connectivity index (χ2n) is 7.66. The Morgan fingerprint density at radius 3 is 2.47 bits per heavy atom. The molecule has 1 amide bonds. The predicted molar refractivity (Wildman–Crippen MR) is 118 cm³/mol. The van der Waals surface area contributed by atoms with Crippen LogP contribution in [0.3, 0.4) is 0 Å². The van der Waals surface area contributed by atoms with Crippen LogP contribution in [0, 0.1) is 6.92 Å². The van der Waals surface area contributed by atoms with Crippen LogP contribution >= 0.6 is 0 Å². The van der Waals surface area contributed by atoms with E-state index in [0.29, 0.717) is 30.8 Å². The van der Waals surface area contributed by atoms with E-state index in [-0.39, 0.29) is 17.2 Å². The number of ether oxygens (including phenoxy) is 1. The van der Waals surface area contributed by atoms with Gasteiger partial charge >= 0.3 is 0 Å². The molecule has 2 aromatic carbocycles. The summed E-state index contributed by atoms with van der Waals surface area (Å²) in [6, 6.07) is 12.7. The van der Waals surface area contributed by atoms with E-state index in [1.165, 1.54) is 0 Å². The molecule has 1 fully saturated rings. The van der Waals surface area contributed by atoms with Gasteiger partial charge in [0.2, 0.25) is 15.9 Å². The van der Waals surface area contributed by atoms with Crippen LogP contribution in [0.1, 0.15) is 43.2 Å². The molecule has 0 radical (unpaired) electrons. The van der Waals surface area contributed by atoms with Gasteiger partial charge < -0.3 is 10.1 Å². The Morgan fingerprint density at radius 1 is 1.07 bits per heavy atom. The van der Waals surface area contributed by atoms with Gasteiger partial charge in [-0.05, 0) is 55.5 Å². The highest BCUT2D eigenvalue weighted by Gasteiger charge is 2.27. The summed E-state index contributed by atoms with van der Waals surface area (Å²) in [7, 11) is -1.96. The summed E-state index contributed by atoms with van der Waals surface area (Å²) in [6.07, 6.45) is 4.72. The number of para-hydroxylation sites is 1. The van der Waals surface area contributed by atoms with Gasteiger partial charge in [0.25, 0.3) is 0 Å². The van der Waals surface area contributed by atoms with Crippen molar-refractivity contribution >= 4 is 21.6 Å². The number of carbonyl (C=O) groups excluding carboxylic acids is 1. The van der Waals surface area contributed by atoms with Gasteiger partial charge in [0, 0.05) is 25.2 Å². The predicted octanol–water partition coefficient (Wildman–Crippen LogP) is 4.14. The fourth-order valence-electron chi connectivity index (χ4n) is 3.76. The third-order valence-electron chi connectivity index (χ3n) is 5.47. The van der Waals surface area contributed by atoms with Crippen molar-refractivity contribution in [3.8, 4) is 5.75 Å². The van der Waals surface area contributed by atoms with Crippen molar-refractivity contribution in [3.63, 3.8) is 0 Å². The van der Waals surface area contributed by atoms with E-state index in [9.17, 15) is 13.2 Å². The van der Waals surface area contributed by atoms with Crippen LogP contribution in [0.15, 0.2) is 47.4 Å². The number of nitrogens with one attached hydrogen (secondary N) is 1. The van der Waals surface area contributed by atoms with Crippen molar-refractivity contribution in [1.29, 1.82) is 0 Å². The molecule has 1 heterocycles. The lowest BCUT2D eigenvalue weighted by molar-refractivity contribution is -0.116. The van der Waals surface area contributed by atoms with Crippen molar-refractivity contribution in [2.24, 2.45) is 0 Å². The molecule has 30 heavy (non-hydrogen) atoms. The molecule has 7 heteroatoms. The smallest absolute Gasteiger partial charge is 0.243 e. The molecule has 1 aliphatic rings. The highest BCUT2D eigenvalue weighted by Crippen LogP contribution is 2.26. The number of sulfonamides is 1. The number of methoxy groups -OCH3 is 1. The zero-order chi connectivity index (χ0) is 21.6. The fraction of sp³-hybridized carbons (Fsp3) is 0.435. The molecular formula is C23H30N2O4S. The summed E-state index contributed by atoms with van der Waals surface area (Å²) in [5, 5.41) is 2.84. The molecule has 162 valence electrons. The number of aryl methyl sites for hydroxylation is 2. The Labute approximate surface area is 179 Å². The number of carbonyl (C=O) groups is 1. The van der Waals surface area contributed by atoms with Crippen LogP contribution in [0.25, 0.3) is 0 Å². The molecule has 0 unspecified atom stereocenters. The van der Waals surface area contributed by atoms with E-state index in [4.69, 9.17) is 4.74 Å². The molecule has 0 aromatic heterocycles. The molecule has 2 aromatic rings. The van der Waals surface area contributed by atoms with Crippen LogP contribution in [-0.4, -0.2) is 38.8 Å². The minimum Gasteiger partial charge on any atom is -0.496 e. The third-order valence-corrected chi connectivity index (χ3v) is 7.51. The standard InChI is InChI=1S/C23H30N2O4S/c1-18-11-13-20(17-22(18)30(27,28)25-15-7-3-4-8-16-25)24-23(26)14-12-19-9-5-6-10-21(19)29-2/h5-6,9-11,13,17H,3-4,7-8,12,14-16H2,1-2H3,(H,24,26). The summed E-state index contributed by atoms with van der Waals surface area (Å²) in [5.41, 5.74) is 2.15. The third kappa shape index (κ3) is 5.40. The summed E-state index contributed by atoms with van der Waals surface area (Å²) in [4.78, 5) is 12.7. The lowest BCUT2D eigenvalue weighted by atomic mass is 10.1. The van der Waals surface area contributed by atoms with Crippen molar-refractivity contribution in [1.82, 2.24) is 4.31 Å². The van der Waals surface area contributed by atoms with Gasteiger partial charge in [0.15, 0.2) is 0 Å². The van der Waals surface area contributed by atoms with Gasteiger partial charge in [-0.25, -0.2) is 8.42 Å². The SMILES string of the molecule is COc1ccccc1CCC(=O)Nc1ccc(C)c(S(=O)(=O)N2CCCCCC2)c1. The van der Waals surface area contributed by atoms with Crippen LogP contribution in [0.2, 0.25) is 0 Å². The second kappa shape index (κ2) is 10.1. The van der Waals surface area contributed by atoms with Crippen molar-refractivity contribution in [2.45, 2.75) is 50.3 Å². The molecule has 1 aliphatic heterocycles.